The average molecular weight is 324 g/mol. The van der Waals surface area contributed by atoms with Crippen molar-refractivity contribution in [3.05, 3.63) is 59.7 Å². The number of fused-ring (bicyclic) bond motifs is 1. The number of hydrogen-bond acceptors (Lipinski definition) is 3. The molecule has 1 atom stereocenters. The van der Waals surface area contributed by atoms with E-state index in [1.165, 1.54) is 11.1 Å². The fourth-order valence-electron chi connectivity index (χ4n) is 3.78. The number of allylic oxidation sites excluding steroid dienone is 4. The first-order valence-corrected chi connectivity index (χ1v) is 9.20. The molecule has 0 saturated carbocycles. The minimum Gasteiger partial charge on any atom is -0.411 e. The standard InChI is InChI=1S/C21H28N2O/c24-22-20-13-7-5-3-1-2-4-6-8-14-21(20)23-16-15-18-11-9-10-12-19(18)17-23/h3-6,9-12,21,24H,1-2,7-8,13-17H2/b5-3+,6-4+,22-20+/t21-/m0/s1. The zero-order chi connectivity index (χ0) is 16.6. The van der Waals surface area contributed by atoms with E-state index in [1.807, 2.05) is 0 Å². The molecule has 0 unspecified atom stereocenters. The van der Waals surface area contributed by atoms with Crippen molar-refractivity contribution < 1.29 is 5.21 Å². The lowest BCUT2D eigenvalue weighted by molar-refractivity contribution is 0.206. The van der Waals surface area contributed by atoms with Gasteiger partial charge in [-0.3, -0.25) is 4.90 Å². The third kappa shape index (κ3) is 4.35. The molecule has 1 aliphatic carbocycles. The minimum absolute atomic E-state index is 0.237. The predicted octanol–water partition coefficient (Wildman–Crippen LogP) is 4.71. The highest BCUT2D eigenvalue weighted by Crippen LogP contribution is 2.24. The third-order valence-corrected chi connectivity index (χ3v) is 5.12. The van der Waals surface area contributed by atoms with Crippen molar-refractivity contribution in [2.45, 2.75) is 57.5 Å². The SMILES string of the molecule is O/N=C1\CC/C=C/CC/C=C/CC[C@@H]1N1CCc2ccccc2C1. The number of oxime groups is 1. The van der Waals surface area contributed by atoms with E-state index in [4.69, 9.17) is 0 Å². The Morgan fingerprint density at radius 2 is 1.58 bits per heavy atom. The predicted molar refractivity (Wildman–Crippen MR) is 99.5 cm³/mol. The lowest BCUT2D eigenvalue weighted by Crippen LogP contribution is -2.44. The Morgan fingerprint density at radius 3 is 2.38 bits per heavy atom. The Morgan fingerprint density at radius 1 is 0.875 bits per heavy atom. The largest absolute Gasteiger partial charge is 0.411 e. The van der Waals surface area contributed by atoms with Gasteiger partial charge in [0.2, 0.25) is 0 Å². The molecule has 3 rings (SSSR count). The van der Waals surface area contributed by atoms with E-state index in [1.54, 1.807) is 0 Å². The molecule has 1 N–H and O–H groups in total. The Hall–Kier alpha value is -1.87. The summed E-state index contributed by atoms with van der Waals surface area (Å²) in [6.45, 7) is 2.00. The maximum Gasteiger partial charge on any atom is 0.0745 e. The van der Waals surface area contributed by atoms with Crippen LogP contribution in [0.2, 0.25) is 0 Å². The van der Waals surface area contributed by atoms with Crippen LogP contribution in [0.15, 0.2) is 53.7 Å². The summed E-state index contributed by atoms with van der Waals surface area (Å²) in [7, 11) is 0. The number of nitrogens with zero attached hydrogens (tertiary/aromatic N) is 2. The van der Waals surface area contributed by atoms with Crippen LogP contribution < -0.4 is 0 Å². The van der Waals surface area contributed by atoms with Crippen LogP contribution in [0.4, 0.5) is 0 Å². The molecule has 24 heavy (non-hydrogen) atoms. The summed E-state index contributed by atoms with van der Waals surface area (Å²) < 4.78 is 0. The van der Waals surface area contributed by atoms with Crippen molar-refractivity contribution in [3.8, 4) is 0 Å². The van der Waals surface area contributed by atoms with Crippen molar-refractivity contribution >= 4 is 5.71 Å². The summed E-state index contributed by atoms with van der Waals surface area (Å²) in [6, 6.07) is 8.96. The molecule has 1 aromatic carbocycles. The highest BCUT2D eigenvalue weighted by atomic mass is 16.4. The van der Waals surface area contributed by atoms with Gasteiger partial charge in [0.25, 0.3) is 0 Å². The fraction of sp³-hybridized carbons (Fsp3) is 0.476. The highest BCUT2D eigenvalue weighted by Gasteiger charge is 2.26. The van der Waals surface area contributed by atoms with Gasteiger partial charge in [0.1, 0.15) is 0 Å². The second-order valence-corrected chi connectivity index (χ2v) is 6.73. The maximum absolute atomic E-state index is 9.61. The summed E-state index contributed by atoms with van der Waals surface area (Å²) in [4.78, 5) is 2.50. The summed E-state index contributed by atoms with van der Waals surface area (Å²) in [6.07, 6.45) is 16.2. The van der Waals surface area contributed by atoms with Gasteiger partial charge in [-0.2, -0.15) is 0 Å². The molecule has 128 valence electrons. The molecule has 1 aromatic rings. The molecule has 0 amide bonds. The Kier molecular flexibility index (Phi) is 6.25. The van der Waals surface area contributed by atoms with Gasteiger partial charge in [0.15, 0.2) is 0 Å². The lowest BCUT2D eigenvalue weighted by atomic mass is 9.94. The molecule has 0 fully saturated rings. The molecule has 1 aliphatic heterocycles. The van der Waals surface area contributed by atoms with Crippen molar-refractivity contribution in [1.29, 1.82) is 0 Å². The normalized spacial score (nSPS) is 27.7. The van der Waals surface area contributed by atoms with Gasteiger partial charge in [-0.25, -0.2) is 0 Å². The number of hydrogen-bond donors (Lipinski definition) is 1. The Bertz CT molecular complexity index is 618. The summed E-state index contributed by atoms with van der Waals surface area (Å²) in [5, 5.41) is 13.3. The first-order valence-electron chi connectivity index (χ1n) is 9.20. The quantitative estimate of drug-likeness (QED) is 0.461. The molecule has 0 saturated heterocycles. The van der Waals surface area contributed by atoms with Crippen LogP contribution in [0.25, 0.3) is 0 Å². The van der Waals surface area contributed by atoms with Gasteiger partial charge in [-0.15, -0.1) is 0 Å². The lowest BCUT2D eigenvalue weighted by Gasteiger charge is -2.36. The summed E-state index contributed by atoms with van der Waals surface area (Å²) >= 11 is 0. The molecule has 0 aromatic heterocycles. The number of rotatable bonds is 1. The van der Waals surface area contributed by atoms with Crippen molar-refractivity contribution in [1.82, 2.24) is 4.90 Å². The monoisotopic (exact) mass is 324 g/mol. The first-order chi connectivity index (χ1) is 11.9. The van der Waals surface area contributed by atoms with Crippen LogP contribution >= 0.6 is 0 Å². The second kappa shape index (κ2) is 8.84. The van der Waals surface area contributed by atoms with Crippen LogP contribution in [0.1, 0.15) is 49.7 Å². The van der Waals surface area contributed by atoms with E-state index in [9.17, 15) is 5.21 Å². The number of benzene rings is 1. The zero-order valence-corrected chi connectivity index (χ0v) is 14.4. The second-order valence-electron chi connectivity index (χ2n) is 6.73. The van der Waals surface area contributed by atoms with E-state index < -0.39 is 0 Å². The molecule has 3 heteroatoms. The van der Waals surface area contributed by atoms with Gasteiger partial charge in [0, 0.05) is 13.1 Å². The molecule has 0 spiro atoms. The molecular formula is C21H28N2O. The topological polar surface area (TPSA) is 35.8 Å². The Labute approximate surface area is 145 Å². The van der Waals surface area contributed by atoms with Crippen LogP contribution in [0.5, 0.6) is 0 Å². The van der Waals surface area contributed by atoms with E-state index in [0.29, 0.717) is 0 Å². The van der Waals surface area contributed by atoms with E-state index in [2.05, 4.69) is 58.6 Å². The highest BCUT2D eigenvalue weighted by molar-refractivity contribution is 5.89. The van der Waals surface area contributed by atoms with Crippen LogP contribution in [-0.4, -0.2) is 28.4 Å². The third-order valence-electron chi connectivity index (χ3n) is 5.12. The zero-order valence-electron chi connectivity index (χ0n) is 14.4. The maximum atomic E-state index is 9.61. The fourth-order valence-corrected chi connectivity index (χ4v) is 3.78. The minimum atomic E-state index is 0.237. The van der Waals surface area contributed by atoms with Crippen LogP contribution in [0, 0.1) is 0 Å². The molecule has 0 bridgehead atoms. The van der Waals surface area contributed by atoms with Crippen molar-refractivity contribution in [3.63, 3.8) is 0 Å². The van der Waals surface area contributed by atoms with Gasteiger partial charge < -0.3 is 5.21 Å². The average Bonchev–Trinajstić information content (AvgIpc) is 2.62. The smallest absolute Gasteiger partial charge is 0.0745 e. The summed E-state index contributed by atoms with van der Waals surface area (Å²) in [5.74, 6) is 0. The molecule has 2 aliphatic rings. The molecule has 1 heterocycles. The van der Waals surface area contributed by atoms with E-state index >= 15 is 0 Å². The van der Waals surface area contributed by atoms with E-state index in [-0.39, 0.29) is 6.04 Å². The van der Waals surface area contributed by atoms with Crippen LogP contribution in [-0.2, 0) is 13.0 Å². The van der Waals surface area contributed by atoms with Gasteiger partial charge in [-0.1, -0.05) is 53.7 Å². The first kappa shape index (κ1) is 17.0. The van der Waals surface area contributed by atoms with Crippen molar-refractivity contribution in [2.24, 2.45) is 5.16 Å². The molecular weight excluding hydrogens is 296 g/mol. The molecule has 0 radical (unpaired) electrons. The van der Waals surface area contributed by atoms with Crippen LogP contribution in [0.3, 0.4) is 0 Å². The summed E-state index contributed by atoms with van der Waals surface area (Å²) in [5.41, 5.74) is 3.82. The Balaban J connectivity index is 1.76. The van der Waals surface area contributed by atoms with Crippen molar-refractivity contribution in [2.75, 3.05) is 6.54 Å². The van der Waals surface area contributed by atoms with Gasteiger partial charge in [-0.05, 0) is 56.1 Å². The van der Waals surface area contributed by atoms with E-state index in [0.717, 1.165) is 63.7 Å². The van der Waals surface area contributed by atoms with Gasteiger partial charge >= 0.3 is 0 Å². The van der Waals surface area contributed by atoms with Gasteiger partial charge in [0.05, 0.1) is 11.8 Å². The molecule has 3 nitrogen and oxygen atoms in total.